The molecule has 0 fully saturated rings. The molecule has 0 bridgehead atoms. The summed E-state index contributed by atoms with van der Waals surface area (Å²) in [5.41, 5.74) is 1.80. The van der Waals surface area contributed by atoms with Crippen LogP contribution in [0.1, 0.15) is 43.9 Å². The van der Waals surface area contributed by atoms with Gasteiger partial charge in [0.15, 0.2) is 0 Å². The summed E-state index contributed by atoms with van der Waals surface area (Å²) in [6.45, 7) is 3.71. The van der Waals surface area contributed by atoms with Gasteiger partial charge >= 0.3 is 5.97 Å². The van der Waals surface area contributed by atoms with Crippen molar-refractivity contribution in [2.45, 2.75) is 44.8 Å². The minimum atomic E-state index is -3.65. The second-order valence-electron chi connectivity index (χ2n) is 7.98. The molecule has 0 amide bonds. The van der Waals surface area contributed by atoms with Crippen molar-refractivity contribution in [3.05, 3.63) is 47.4 Å². The van der Waals surface area contributed by atoms with Crippen molar-refractivity contribution in [1.29, 1.82) is 0 Å². The van der Waals surface area contributed by atoms with Crippen LogP contribution < -0.4 is 4.31 Å². The molecule has 180 valence electrons. The largest absolute Gasteiger partial charge is 0.481 e. The van der Waals surface area contributed by atoms with Crippen LogP contribution >= 0.6 is 0 Å². The van der Waals surface area contributed by atoms with Gasteiger partial charge in [-0.15, -0.1) is 0 Å². The molecule has 9 nitrogen and oxygen atoms in total. The molecule has 11 heteroatoms. The van der Waals surface area contributed by atoms with Gasteiger partial charge in [-0.3, -0.25) is 4.79 Å². The second kappa shape index (κ2) is 10.8. The number of hydrogen-bond donors (Lipinski definition) is 3. The molecule has 33 heavy (non-hydrogen) atoms. The number of benzene rings is 1. The molecule has 1 heterocycles. The van der Waals surface area contributed by atoms with E-state index in [0.717, 1.165) is 10.6 Å². The van der Waals surface area contributed by atoms with Crippen molar-refractivity contribution in [1.82, 2.24) is 9.97 Å². The van der Waals surface area contributed by atoms with Gasteiger partial charge in [0.2, 0.25) is 16.0 Å². The molecule has 0 aliphatic carbocycles. The maximum atomic E-state index is 13.5. The first-order valence-electron chi connectivity index (χ1n) is 10.2. The summed E-state index contributed by atoms with van der Waals surface area (Å²) in [4.78, 5) is 19.6. The number of nitrogens with zero attached hydrogens (tertiary/aromatic N) is 3. The first kappa shape index (κ1) is 26.4. The van der Waals surface area contributed by atoms with E-state index in [1.807, 2.05) is 13.8 Å². The number of aliphatic hydroxyl groups is 2. The Morgan fingerprint density at radius 3 is 2.30 bits per heavy atom. The molecule has 0 aliphatic rings. The predicted octanol–water partition coefficient (Wildman–Crippen LogP) is 2.40. The normalized spacial score (nSPS) is 13.9. The highest BCUT2D eigenvalue weighted by Gasteiger charge is 2.22. The second-order valence-corrected chi connectivity index (χ2v) is 9.99. The number of carboxylic acids is 1. The molecule has 0 spiro atoms. The van der Waals surface area contributed by atoms with Gasteiger partial charge in [-0.1, -0.05) is 26.0 Å². The molecule has 0 radical (unpaired) electrons. The van der Waals surface area contributed by atoms with Gasteiger partial charge in [0, 0.05) is 24.6 Å². The third-order valence-electron chi connectivity index (χ3n) is 4.82. The minimum Gasteiger partial charge on any atom is -0.481 e. The summed E-state index contributed by atoms with van der Waals surface area (Å²) < 4.78 is 38.6. The number of aliphatic hydroxyl groups excluding tert-OH is 2. The van der Waals surface area contributed by atoms with E-state index < -0.39 is 40.4 Å². The van der Waals surface area contributed by atoms with Crippen molar-refractivity contribution in [2.75, 3.05) is 17.6 Å². The Bertz CT molecular complexity index is 1120. The van der Waals surface area contributed by atoms with E-state index >= 15 is 0 Å². The highest BCUT2D eigenvalue weighted by molar-refractivity contribution is 7.92. The Labute approximate surface area is 192 Å². The molecule has 0 saturated carbocycles. The van der Waals surface area contributed by atoms with Crippen molar-refractivity contribution in [3.8, 4) is 11.3 Å². The summed E-state index contributed by atoms with van der Waals surface area (Å²) in [7, 11) is -2.33. The summed E-state index contributed by atoms with van der Waals surface area (Å²) in [5, 5.41) is 28.8. The first-order chi connectivity index (χ1) is 15.3. The Morgan fingerprint density at radius 1 is 1.18 bits per heavy atom. The number of aliphatic carboxylic acids is 1. The molecule has 1 aromatic heterocycles. The molecule has 2 rings (SSSR count). The Balaban J connectivity index is 2.61. The van der Waals surface area contributed by atoms with Gasteiger partial charge in [-0.2, -0.15) is 0 Å². The summed E-state index contributed by atoms with van der Waals surface area (Å²) in [5.74, 6) is -1.87. The number of rotatable bonds is 10. The lowest BCUT2D eigenvalue weighted by atomic mass is 9.97. The third kappa shape index (κ3) is 7.31. The molecule has 2 atom stereocenters. The number of aromatic nitrogens is 2. The van der Waals surface area contributed by atoms with Crippen LogP contribution in [0.4, 0.5) is 10.3 Å². The standard InChI is InChI=1S/C22H28FN3O6S/c1-13(2)20-18(10-9-16(27)11-17(28)12-19(29)30)21(14-5-7-15(23)8-6-14)25-22(24-20)26(3)33(4,31)32/h5-10,13,16-17,27-28H,11-12H2,1-4H3,(H,29,30)/t16-,17-/m0/s1. The van der Waals surface area contributed by atoms with Crippen LogP contribution in [0.25, 0.3) is 17.3 Å². The molecular formula is C22H28FN3O6S. The number of halogens is 1. The van der Waals surface area contributed by atoms with Gasteiger partial charge < -0.3 is 15.3 Å². The van der Waals surface area contributed by atoms with Crippen LogP contribution in [-0.4, -0.2) is 65.2 Å². The lowest BCUT2D eigenvalue weighted by Crippen LogP contribution is -2.27. The van der Waals surface area contributed by atoms with Crippen LogP contribution in [0.15, 0.2) is 30.3 Å². The fraction of sp³-hybridized carbons (Fsp3) is 0.409. The molecule has 2 aromatic rings. The molecule has 3 N–H and O–H groups in total. The highest BCUT2D eigenvalue weighted by atomic mass is 32.2. The van der Waals surface area contributed by atoms with Gasteiger partial charge in [0.05, 0.1) is 36.3 Å². The SMILES string of the molecule is CC(C)c1nc(N(C)S(C)(=O)=O)nc(-c2ccc(F)cc2)c1C=C[C@H](O)C[C@H](O)CC(=O)O. The van der Waals surface area contributed by atoms with Crippen molar-refractivity contribution >= 4 is 28.0 Å². The Kier molecular flexibility index (Phi) is 8.64. The Hall–Kier alpha value is -2.89. The van der Waals surface area contributed by atoms with Gasteiger partial charge in [-0.05, 0) is 30.2 Å². The summed E-state index contributed by atoms with van der Waals surface area (Å²) in [6, 6.07) is 5.49. The number of hydrogen-bond acceptors (Lipinski definition) is 7. The lowest BCUT2D eigenvalue weighted by molar-refractivity contribution is -0.139. The zero-order valence-electron chi connectivity index (χ0n) is 18.8. The number of anilines is 1. The highest BCUT2D eigenvalue weighted by Crippen LogP contribution is 2.31. The minimum absolute atomic E-state index is 0.0601. The maximum Gasteiger partial charge on any atom is 0.305 e. The molecule has 0 aliphatic heterocycles. The van der Waals surface area contributed by atoms with E-state index in [9.17, 15) is 27.8 Å². The topological polar surface area (TPSA) is 141 Å². The summed E-state index contributed by atoms with van der Waals surface area (Å²) in [6.07, 6.45) is 0.860. The number of sulfonamides is 1. The van der Waals surface area contributed by atoms with Gasteiger partial charge in [-0.25, -0.2) is 27.1 Å². The number of carboxylic acid groups (broad SMARTS) is 1. The van der Waals surface area contributed by atoms with Gasteiger partial charge in [0.1, 0.15) is 5.82 Å². The Morgan fingerprint density at radius 2 is 1.79 bits per heavy atom. The van der Waals surface area contributed by atoms with E-state index in [1.54, 1.807) is 0 Å². The monoisotopic (exact) mass is 481 g/mol. The summed E-state index contributed by atoms with van der Waals surface area (Å²) >= 11 is 0. The van der Waals surface area contributed by atoms with E-state index in [0.29, 0.717) is 22.5 Å². The van der Waals surface area contributed by atoms with E-state index in [-0.39, 0.29) is 18.3 Å². The average molecular weight is 482 g/mol. The van der Waals surface area contributed by atoms with Crippen molar-refractivity contribution < 1.29 is 32.9 Å². The molecule has 0 unspecified atom stereocenters. The maximum absolute atomic E-state index is 13.5. The predicted molar refractivity (Wildman–Crippen MR) is 123 cm³/mol. The van der Waals surface area contributed by atoms with Crippen LogP contribution in [-0.2, 0) is 14.8 Å². The van der Waals surface area contributed by atoms with Crippen molar-refractivity contribution in [3.63, 3.8) is 0 Å². The third-order valence-corrected chi connectivity index (χ3v) is 5.97. The smallest absolute Gasteiger partial charge is 0.305 e. The van der Waals surface area contributed by atoms with Crippen LogP contribution in [0.5, 0.6) is 0 Å². The molecule has 0 saturated heterocycles. The van der Waals surface area contributed by atoms with E-state index in [4.69, 9.17) is 5.11 Å². The fourth-order valence-corrected chi connectivity index (χ4v) is 3.42. The molecular weight excluding hydrogens is 453 g/mol. The van der Waals surface area contributed by atoms with Gasteiger partial charge in [0.25, 0.3) is 0 Å². The van der Waals surface area contributed by atoms with Crippen LogP contribution in [0, 0.1) is 5.82 Å². The van der Waals surface area contributed by atoms with Crippen molar-refractivity contribution in [2.24, 2.45) is 0 Å². The average Bonchev–Trinajstić information content (AvgIpc) is 2.70. The lowest BCUT2D eigenvalue weighted by Gasteiger charge is -2.20. The quantitative estimate of drug-likeness (QED) is 0.470. The zero-order chi connectivity index (χ0) is 24.9. The van der Waals surface area contributed by atoms with Crippen LogP contribution in [0.2, 0.25) is 0 Å². The van der Waals surface area contributed by atoms with E-state index in [2.05, 4.69) is 9.97 Å². The zero-order valence-corrected chi connectivity index (χ0v) is 19.6. The fourth-order valence-electron chi connectivity index (χ4n) is 3.05. The number of carbonyl (C=O) groups is 1. The first-order valence-corrected chi connectivity index (χ1v) is 12.0. The van der Waals surface area contributed by atoms with E-state index in [1.165, 1.54) is 43.5 Å². The van der Waals surface area contributed by atoms with Crippen LogP contribution in [0.3, 0.4) is 0 Å². The molecule has 1 aromatic carbocycles.